The molecule has 6 unspecified atom stereocenters. The van der Waals surface area contributed by atoms with Gasteiger partial charge >= 0.3 is 18.3 Å². The molecule has 6 aliphatic rings. The van der Waals surface area contributed by atoms with Gasteiger partial charge < -0.3 is 63.9 Å². The molecule has 0 aliphatic carbocycles. The van der Waals surface area contributed by atoms with Crippen molar-refractivity contribution in [2.75, 3.05) is 76.5 Å². The highest BCUT2D eigenvalue weighted by molar-refractivity contribution is 7.89. The number of rotatable bonds is 24. The maximum atomic E-state index is 14.0. The van der Waals surface area contributed by atoms with Crippen LogP contribution in [0.1, 0.15) is 58.1 Å². The van der Waals surface area contributed by atoms with Crippen molar-refractivity contribution in [3.63, 3.8) is 0 Å². The zero-order chi connectivity index (χ0) is 61.8. The smallest absolute Gasteiger partial charge is 0.411 e. The molecular weight excluding hydrogens is 1170 g/mol. The van der Waals surface area contributed by atoms with E-state index < -0.39 is 74.8 Å². The maximum Gasteiger partial charge on any atom is 0.411 e. The Morgan fingerprint density at radius 1 is 0.517 bits per heavy atom. The van der Waals surface area contributed by atoms with Crippen molar-refractivity contribution >= 4 is 49.7 Å². The molecule has 6 fully saturated rings. The molecule has 0 saturated carbocycles. The molecule has 6 heterocycles. The number of carbonyl (C=O) groups is 3. The van der Waals surface area contributed by atoms with E-state index in [4.69, 9.17) is 48.4 Å². The Bertz CT molecular complexity index is 3100. The van der Waals surface area contributed by atoms with Gasteiger partial charge in [-0.05, 0) is 104 Å². The normalized spacial score (nSPS) is 25.4. The van der Waals surface area contributed by atoms with E-state index >= 15 is 0 Å². The number of ether oxygens (including phenoxy) is 9. The first-order valence-corrected chi connectivity index (χ1v) is 32.6. The molecule has 26 heteroatoms. The number of hydrogen-bond donors (Lipinski definition) is 6. The third-order valence-electron chi connectivity index (χ3n) is 16.0. The predicted octanol–water partition coefficient (Wildman–Crippen LogP) is 5.68. The van der Waals surface area contributed by atoms with Crippen LogP contribution in [0.25, 0.3) is 0 Å². The number of fused-ring (bicyclic) bond motifs is 3. The molecule has 0 spiro atoms. The van der Waals surface area contributed by atoms with Crippen molar-refractivity contribution in [1.29, 1.82) is 0 Å². The number of aliphatic hydroxyl groups excluding tert-OH is 2. The van der Waals surface area contributed by atoms with E-state index in [0.717, 1.165) is 24.0 Å². The second-order valence-electron chi connectivity index (χ2n) is 23.6. The number of carbonyl (C=O) groups excluding carboxylic acids is 3. The van der Waals surface area contributed by atoms with Crippen molar-refractivity contribution < 1.29 is 84.1 Å². The fraction of sp³-hybridized carbons (Fsp3) is 0.557. The minimum Gasteiger partial charge on any atom is -0.443 e. The number of alkyl carbamates (subject to hydrolysis) is 1. The van der Waals surface area contributed by atoms with Crippen LogP contribution in [0.4, 0.5) is 25.8 Å². The highest BCUT2D eigenvalue weighted by atomic mass is 32.2. The summed E-state index contributed by atoms with van der Waals surface area (Å²) in [6.07, 6.45) is -3.83. The molecule has 87 heavy (non-hydrogen) atoms. The number of nitrogens with one attached hydrogen (secondary N) is 3. The SMILES string of the molecule is CC(C)CN(C[C@@H](O)[C@@H](N)Cc1ccccc1)S(=O)(=O)c1ccc(NC(=O)OC2COC3OCC[C@H]23)cc1.CC(C)CN(C[C@@H](O)[C@H](Cc1ccccc1)NC(=O)OC1CO[C@H]2OCCC12)S(=O)(=O)c1ccc(NC(=O)OC2COC3OCC[C@H]23)cc1. The van der Waals surface area contributed by atoms with Crippen LogP contribution in [-0.2, 0) is 75.5 Å². The Morgan fingerprint density at radius 3 is 1.28 bits per heavy atom. The lowest BCUT2D eigenvalue weighted by Crippen LogP contribution is -2.51. The van der Waals surface area contributed by atoms with E-state index in [9.17, 15) is 41.4 Å². The first-order valence-electron chi connectivity index (χ1n) is 29.7. The number of amides is 3. The molecule has 7 N–H and O–H groups in total. The minimum atomic E-state index is -4.10. The summed E-state index contributed by atoms with van der Waals surface area (Å²) in [7, 11) is -8.03. The highest BCUT2D eigenvalue weighted by Gasteiger charge is 2.46. The number of benzene rings is 4. The molecule has 3 amide bonds. The average molecular weight is 1250 g/mol. The molecule has 24 nitrogen and oxygen atoms in total. The minimum absolute atomic E-state index is 0.00891. The van der Waals surface area contributed by atoms with Crippen molar-refractivity contribution in [3.8, 4) is 0 Å². The van der Waals surface area contributed by atoms with Gasteiger partial charge in [0.25, 0.3) is 0 Å². The van der Waals surface area contributed by atoms with E-state index in [2.05, 4.69) is 16.0 Å². The van der Waals surface area contributed by atoms with Crippen LogP contribution in [0.5, 0.6) is 0 Å². The lowest BCUT2D eigenvalue weighted by molar-refractivity contribution is -0.0909. The Kier molecular flexibility index (Phi) is 22.7. The number of aliphatic hydroxyl groups is 2. The Labute approximate surface area is 508 Å². The van der Waals surface area contributed by atoms with E-state index in [-0.39, 0.29) is 117 Å². The van der Waals surface area contributed by atoms with Gasteiger partial charge in [0.15, 0.2) is 18.9 Å². The fourth-order valence-electron chi connectivity index (χ4n) is 11.5. The van der Waals surface area contributed by atoms with Crippen LogP contribution >= 0.6 is 0 Å². The van der Waals surface area contributed by atoms with Crippen molar-refractivity contribution in [1.82, 2.24) is 13.9 Å². The number of nitrogens with zero attached hydrogens (tertiary/aromatic N) is 2. The molecule has 6 saturated heterocycles. The molecule has 10 rings (SSSR count). The second kappa shape index (κ2) is 30.1. The molecule has 4 aromatic rings. The predicted molar refractivity (Wildman–Crippen MR) is 317 cm³/mol. The van der Waals surface area contributed by atoms with E-state index in [1.54, 1.807) is 0 Å². The van der Waals surface area contributed by atoms with Crippen LogP contribution in [0.3, 0.4) is 0 Å². The number of nitrogens with two attached hydrogens (primary N) is 1. The summed E-state index contributed by atoms with van der Waals surface area (Å²) < 4.78 is 107. The molecule has 13 atom stereocenters. The average Bonchev–Trinajstić information content (AvgIpc) is 2.33. The van der Waals surface area contributed by atoms with Gasteiger partial charge in [0, 0.05) is 43.6 Å². The summed E-state index contributed by atoms with van der Waals surface area (Å²) in [5.74, 6) is -0.0837. The lowest BCUT2D eigenvalue weighted by atomic mass is 10.0. The quantitative estimate of drug-likeness (QED) is 0.0460. The molecular formula is C61H82N6O18S2. The maximum absolute atomic E-state index is 14.0. The molecule has 0 bridgehead atoms. The first kappa shape index (κ1) is 65.6. The molecule has 0 aromatic heterocycles. The molecule has 6 aliphatic heterocycles. The largest absolute Gasteiger partial charge is 0.443 e. The zero-order valence-corrected chi connectivity index (χ0v) is 51.0. The third kappa shape index (κ3) is 17.5. The van der Waals surface area contributed by atoms with E-state index in [1.165, 1.54) is 57.1 Å². The van der Waals surface area contributed by atoms with E-state index in [1.807, 2.05) is 88.4 Å². The Hall–Kier alpha value is -5.85. The standard InChI is InChI=1S/C34H45N3O11S.C27H37N3O7S/c1-21(2)17-37(49(41,42)24-10-8-23(9-11-24)35-33(39)47-29-19-45-31-25(29)12-14-43-31)18-28(38)27(16-22-6-4-3-5-7-22)36-34(40)48-30-20-46-32-26(30)13-15-44-32;1-18(2)15-30(16-24(31)23(28)14-19-6-4-3-5-7-19)38(33,34)21-10-8-20(9-11-21)29-27(32)37-25-17-36-26-22(25)12-13-35-26/h3-11,21,25-32,38H,12-20H2,1-2H3,(H,35,39)(H,36,40);3-11,18,22-26,31H,12-17,28H2,1-2H3,(H,29,32)/t25-,26?,27+,28-,29?,30?,31?,32-;22-,23+,24-,25?,26?/m11/s1. The van der Waals surface area contributed by atoms with Gasteiger partial charge in [0.05, 0.1) is 85.4 Å². The summed E-state index contributed by atoms with van der Waals surface area (Å²) in [6.45, 7) is 9.93. The van der Waals surface area contributed by atoms with Gasteiger partial charge in [-0.15, -0.1) is 0 Å². The van der Waals surface area contributed by atoms with Gasteiger partial charge in [-0.1, -0.05) is 88.4 Å². The zero-order valence-electron chi connectivity index (χ0n) is 49.4. The number of sulfonamides is 2. The highest BCUT2D eigenvalue weighted by Crippen LogP contribution is 2.36. The third-order valence-corrected chi connectivity index (χ3v) is 19.7. The summed E-state index contributed by atoms with van der Waals surface area (Å²) in [4.78, 5) is 38.1. The van der Waals surface area contributed by atoms with Crippen LogP contribution in [0.2, 0.25) is 0 Å². The van der Waals surface area contributed by atoms with Gasteiger partial charge in [-0.2, -0.15) is 8.61 Å². The van der Waals surface area contributed by atoms with Crippen molar-refractivity contribution in [3.05, 3.63) is 120 Å². The van der Waals surface area contributed by atoms with Gasteiger partial charge in [-0.25, -0.2) is 31.2 Å². The molecule has 476 valence electrons. The topological polar surface area (TPSA) is 312 Å². The van der Waals surface area contributed by atoms with Gasteiger partial charge in [0.1, 0.15) is 18.3 Å². The summed E-state index contributed by atoms with van der Waals surface area (Å²) in [6, 6.07) is 28.9. The fourth-order valence-corrected chi connectivity index (χ4v) is 14.7. The molecule has 4 aromatic carbocycles. The number of hydrogen-bond acceptors (Lipinski definition) is 19. The molecule has 0 radical (unpaired) electrons. The summed E-state index contributed by atoms with van der Waals surface area (Å²) in [5, 5.41) is 30.4. The van der Waals surface area contributed by atoms with Crippen molar-refractivity contribution in [2.45, 2.75) is 131 Å². The summed E-state index contributed by atoms with van der Waals surface area (Å²) in [5.41, 5.74) is 8.79. The van der Waals surface area contributed by atoms with Gasteiger partial charge in [-0.3, -0.25) is 10.6 Å². The second-order valence-corrected chi connectivity index (χ2v) is 27.4. The lowest BCUT2D eigenvalue weighted by Gasteiger charge is -2.31. The van der Waals surface area contributed by atoms with Crippen LogP contribution in [0.15, 0.2) is 119 Å². The van der Waals surface area contributed by atoms with E-state index in [0.29, 0.717) is 44.0 Å². The van der Waals surface area contributed by atoms with Crippen LogP contribution in [0, 0.1) is 29.6 Å². The summed E-state index contributed by atoms with van der Waals surface area (Å²) >= 11 is 0. The Morgan fingerprint density at radius 2 is 0.885 bits per heavy atom. The van der Waals surface area contributed by atoms with Crippen molar-refractivity contribution in [2.24, 2.45) is 35.3 Å². The first-order chi connectivity index (χ1) is 41.7. The monoisotopic (exact) mass is 1250 g/mol. The number of anilines is 2. The van der Waals surface area contributed by atoms with Crippen LogP contribution < -0.4 is 21.7 Å². The van der Waals surface area contributed by atoms with Crippen LogP contribution in [-0.4, -0.2) is 181 Å². The Balaban J connectivity index is 0.000000214. The van der Waals surface area contributed by atoms with Gasteiger partial charge in [0.2, 0.25) is 20.0 Å².